The van der Waals surface area contributed by atoms with E-state index in [1.165, 1.54) is 11.3 Å². The summed E-state index contributed by atoms with van der Waals surface area (Å²) in [4.78, 5) is 12.3. The van der Waals surface area contributed by atoms with E-state index in [4.69, 9.17) is 4.74 Å². The molecule has 0 bridgehead atoms. The van der Waals surface area contributed by atoms with Crippen LogP contribution in [0.5, 0.6) is 0 Å². The van der Waals surface area contributed by atoms with Gasteiger partial charge in [-0.3, -0.25) is 4.79 Å². The maximum Gasteiger partial charge on any atom is 0.261 e. The maximum absolute atomic E-state index is 11.6. The number of carbonyl (C=O) groups is 1. The van der Waals surface area contributed by atoms with Crippen molar-refractivity contribution in [3.8, 4) is 0 Å². The molecule has 1 N–H and O–H groups in total. The van der Waals surface area contributed by atoms with Gasteiger partial charge in [0, 0.05) is 24.7 Å². The predicted molar refractivity (Wildman–Crippen MR) is 68.5 cm³/mol. The standard InChI is InChI=1S/C9H11Br2NO2S/c1-14-4-2-3-12-9(13)7-5-6(10)8(11)15-7/h5H,2-4H2,1H3,(H,12,13). The minimum Gasteiger partial charge on any atom is -0.385 e. The van der Waals surface area contributed by atoms with E-state index in [0.717, 1.165) is 14.7 Å². The van der Waals surface area contributed by atoms with Crippen LogP contribution in [-0.2, 0) is 4.74 Å². The number of hydrogen-bond acceptors (Lipinski definition) is 3. The summed E-state index contributed by atoms with van der Waals surface area (Å²) in [5, 5.41) is 2.82. The molecule has 84 valence electrons. The molecule has 0 atom stereocenters. The fraction of sp³-hybridized carbons (Fsp3) is 0.444. The first kappa shape index (κ1) is 13.2. The SMILES string of the molecule is COCCCNC(=O)c1cc(Br)c(Br)s1. The number of carbonyl (C=O) groups excluding carboxylic acids is 1. The largest absolute Gasteiger partial charge is 0.385 e. The monoisotopic (exact) mass is 355 g/mol. The average molecular weight is 357 g/mol. The van der Waals surface area contributed by atoms with Gasteiger partial charge in [0.2, 0.25) is 0 Å². The fourth-order valence-corrected chi connectivity index (χ4v) is 2.92. The third kappa shape index (κ3) is 4.22. The Morgan fingerprint density at radius 1 is 1.60 bits per heavy atom. The first-order valence-electron chi connectivity index (χ1n) is 4.37. The third-order valence-electron chi connectivity index (χ3n) is 1.68. The van der Waals surface area contributed by atoms with Crippen molar-refractivity contribution in [1.29, 1.82) is 0 Å². The van der Waals surface area contributed by atoms with E-state index in [1.807, 2.05) is 0 Å². The molecule has 1 heterocycles. The minimum atomic E-state index is -0.0393. The zero-order valence-electron chi connectivity index (χ0n) is 8.18. The molecule has 0 unspecified atom stereocenters. The summed E-state index contributed by atoms with van der Waals surface area (Å²) in [6.45, 7) is 1.30. The molecule has 0 aliphatic carbocycles. The number of rotatable bonds is 5. The lowest BCUT2D eigenvalue weighted by Crippen LogP contribution is -2.24. The van der Waals surface area contributed by atoms with Gasteiger partial charge in [-0.25, -0.2) is 0 Å². The number of ether oxygens (including phenoxy) is 1. The summed E-state index contributed by atoms with van der Waals surface area (Å²) in [5.41, 5.74) is 0. The Hall–Kier alpha value is 0.0900. The molecule has 0 fully saturated rings. The van der Waals surface area contributed by atoms with Crippen molar-refractivity contribution in [3.05, 3.63) is 19.2 Å². The molecular formula is C9H11Br2NO2S. The highest BCUT2D eigenvalue weighted by Crippen LogP contribution is 2.32. The molecule has 1 rings (SSSR count). The van der Waals surface area contributed by atoms with Crippen molar-refractivity contribution >= 4 is 49.1 Å². The Balaban J connectivity index is 2.40. The van der Waals surface area contributed by atoms with Gasteiger partial charge in [0.05, 0.1) is 8.66 Å². The van der Waals surface area contributed by atoms with Crippen LogP contribution in [0.3, 0.4) is 0 Å². The van der Waals surface area contributed by atoms with Crippen LogP contribution in [0.15, 0.2) is 14.3 Å². The van der Waals surface area contributed by atoms with E-state index in [1.54, 1.807) is 13.2 Å². The van der Waals surface area contributed by atoms with Crippen LogP contribution < -0.4 is 5.32 Å². The molecule has 0 saturated carbocycles. The Kier molecular flexibility index (Phi) is 5.81. The zero-order valence-corrected chi connectivity index (χ0v) is 12.2. The highest BCUT2D eigenvalue weighted by atomic mass is 79.9. The van der Waals surface area contributed by atoms with E-state index in [2.05, 4.69) is 37.2 Å². The molecule has 0 aromatic carbocycles. The van der Waals surface area contributed by atoms with Crippen LogP contribution in [0, 0.1) is 0 Å². The second-order valence-electron chi connectivity index (χ2n) is 2.83. The second-order valence-corrected chi connectivity index (χ2v) is 6.06. The summed E-state index contributed by atoms with van der Waals surface area (Å²) >= 11 is 8.10. The van der Waals surface area contributed by atoms with Crippen molar-refractivity contribution < 1.29 is 9.53 Å². The number of nitrogens with one attached hydrogen (secondary N) is 1. The van der Waals surface area contributed by atoms with E-state index in [0.29, 0.717) is 18.0 Å². The lowest BCUT2D eigenvalue weighted by atomic mass is 10.4. The highest BCUT2D eigenvalue weighted by Gasteiger charge is 2.10. The fourth-order valence-electron chi connectivity index (χ4n) is 0.964. The molecule has 1 aromatic heterocycles. The van der Waals surface area contributed by atoms with E-state index >= 15 is 0 Å². The second kappa shape index (κ2) is 6.62. The van der Waals surface area contributed by atoms with Crippen LogP contribution in [0.1, 0.15) is 16.1 Å². The van der Waals surface area contributed by atoms with Crippen LogP contribution in [0.4, 0.5) is 0 Å². The number of halogens is 2. The Bertz CT molecular complexity index is 321. The Labute approximate surface area is 109 Å². The predicted octanol–water partition coefficient (Wildman–Crippen LogP) is 3.04. The normalized spacial score (nSPS) is 10.3. The Morgan fingerprint density at radius 3 is 2.87 bits per heavy atom. The molecule has 0 aliphatic rings. The van der Waals surface area contributed by atoms with Crippen LogP contribution in [0.2, 0.25) is 0 Å². The van der Waals surface area contributed by atoms with Crippen LogP contribution in [0.25, 0.3) is 0 Å². The molecule has 1 amide bonds. The van der Waals surface area contributed by atoms with Gasteiger partial charge in [-0.05, 0) is 44.3 Å². The van der Waals surface area contributed by atoms with Gasteiger partial charge < -0.3 is 10.1 Å². The van der Waals surface area contributed by atoms with E-state index < -0.39 is 0 Å². The quantitative estimate of drug-likeness (QED) is 0.823. The van der Waals surface area contributed by atoms with E-state index in [9.17, 15) is 4.79 Å². The summed E-state index contributed by atoms with van der Waals surface area (Å²) in [5.74, 6) is -0.0393. The first-order valence-corrected chi connectivity index (χ1v) is 6.77. The number of thiophene rings is 1. The number of hydrogen-bond donors (Lipinski definition) is 1. The molecule has 0 saturated heterocycles. The summed E-state index contributed by atoms with van der Waals surface area (Å²) < 4.78 is 6.74. The zero-order chi connectivity index (χ0) is 11.3. The van der Waals surface area contributed by atoms with Gasteiger partial charge in [0.25, 0.3) is 5.91 Å². The van der Waals surface area contributed by atoms with Gasteiger partial charge in [-0.15, -0.1) is 11.3 Å². The molecular weight excluding hydrogens is 346 g/mol. The lowest BCUT2D eigenvalue weighted by Gasteiger charge is -2.02. The van der Waals surface area contributed by atoms with Crippen molar-refractivity contribution in [2.24, 2.45) is 0 Å². The smallest absolute Gasteiger partial charge is 0.261 e. The third-order valence-corrected chi connectivity index (χ3v) is 4.93. The number of amides is 1. The summed E-state index contributed by atoms with van der Waals surface area (Å²) in [6, 6.07) is 1.81. The van der Waals surface area contributed by atoms with Gasteiger partial charge in [0.1, 0.15) is 0 Å². The average Bonchev–Trinajstić information content (AvgIpc) is 2.54. The molecule has 0 spiro atoms. The van der Waals surface area contributed by atoms with Crippen molar-refractivity contribution in [2.75, 3.05) is 20.3 Å². The van der Waals surface area contributed by atoms with Gasteiger partial charge >= 0.3 is 0 Å². The Morgan fingerprint density at radius 2 is 2.33 bits per heavy atom. The van der Waals surface area contributed by atoms with Gasteiger partial charge in [-0.2, -0.15) is 0 Å². The molecule has 1 aromatic rings. The molecule has 0 aliphatic heterocycles. The minimum absolute atomic E-state index is 0.0393. The molecule has 3 nitrogen and oxygen atoms in total. The van der Waals surface area contributed by atoms with E-state index in [-0.39, 0.29) is 5.91 Å². The van der Waals surface area contributed by atoms with Crippen molar-refractivity contribution in [1.82, 2.24) is 5.32 Å². The molecule has 6 heteroatoms. The highest BCUT2D eigenvalue weighted by molar-refractivity contribution is 9.13. The van der Waals surface area contributed by atoms with Crippen LogP contribution >= 0.6 is 43.2 Å². The molecule has 15 heavy (non-hydrogen) atoms. The van der Waals surface area contributed by atoms with Crippen LogP contribution in [-0.4, -0.2) is 26.2 Å². The van der Waals surface area contributed by atoms with Gasteiger partial charge in [-0.1, -0.05) is 0 Å². The number of methoxy groups -OCH3 is 1. The maximum atomic E-state index is 11.6. The summed E-state index contributed by atoms with van der Waals surface area (Å²) in [6.07, 6.45) is 0.829. The van der Waals surface area contributed by atoms with Gasteiger partial charge in [0.15, 0.2) is 0 Å². The van der Waals surface area contributed by atoms with Crippen molar-refractivity contribution in [3.63, 3.8) is 0 Å². The van der Waals surface area contributed by atoms with Crippen molar-refractivity contribution in [2.45, 2.75) is 6.42 Å². The first-order chi connectivity index (χ1) is 7.15. The molecule has 0 radical (unpaired) electrons. The lowest BCUT2D eigenvalue weighted by molar-refractivity contribution is 0.0952. The topological polar surface area (TPSA) is 38.3 Å². The summed E-state index contributed by atoms with van der Waals surface area (Å²) in [7, 11) is 1.65.